The molecule has 7 nitrogen and oxygen atoms in total. The van der Waals surface area contributed by atoms with Crippen LogP contribution >= 0.6 is 0 Å². The van der Waals surface area contributed by atoms with Crippen LogP contribution in [0, 0.1) is 5.82 Å². The van der Waals surface area contributed by atoms with Crippen LogP contribution < -0.4 is 4.72 Å². The number of esters is 1. The van der Waals surface area contributed by atoms with Crippen LogP contribution in [0.2, 0.25) is 0 Å². The average Bonchev–Trinajstić information content (AvgIpc) is 2.37. The van der Waals surface area contributed by atoms with E-state index in [1.54, 1.807) is 0 Å². The van der Waals surface area contributed by atoms with Gasteiger partial charge in [0.15, 0.2) is 0 Å². The zero-order valence-corrected chi connectivity index (χ0v) is 11.2. The van der Waals surface area contributed by atoms with Gasteiger partial charge in [0, 0.05) is 6.54 Å². The van der Waals surface area contributed by atoms with Crippen molar-refractivity contribution in [2.75, 3.05) is 13.7 Å². The maximum Gasteiger partial charge on any atom is 0.335 e. The van der Waals surface area contributed by atoms with E-state index in [-0.39, 0.29) is 18.5 Å². The molecule has 1 aromatic rings. The number of halogens is 1. The van der Waals surface area contributed by atoms with Gasteiger partial charge in [0.1, 0.15) is 10.7 Å². The van der Waals surface area contributed by atoms with Gasteiger partial charge in [-0.05, 0) is 18.2 Å². The quantitative estimate of drug-likeness (QED) is 0.735. The smallest absolute Gasteiger partial charge is 0.335 e. The van der Waals surface area contributed by atoms with Crippen LogP contribution in [0.5, 0.6) is 0 Å². The van der Waals surface area contributed by atoms with Crippen molar-refractivity contribution in [3.8, 4) is 0 Å². The number of benzene rings is 1. The number of carboxylic acids is 1. The summed E-state index contributed by atoms with van der Waals surface area (Å²) in [4.78, 5) is 20.7. The number of carbonyl (C=O) groups excluding carboxylic acids is 1. The summed E-state index contributed by atoms with van der Waals surface area (Å²) in [6, 6.07) is 2.43. The van der Waals surface area contributed by atoms with E-state index in [1.165, 1.54) is 0 Å². The van der Waals surface area contributed by atoms with Crippen LogP contribution in [0.4, 0.5) is 4.39 Å². The Morgan fingerprint density at radius 2 is 2.05 bits per heavy atom. The van der Waals surface area contributed by atoms with Gasteiger partial charge in [-0.2, -0.15) is 0 Å². The number of ether oxygens (including phenoxy) is 1. The predicted molar refractivity (Wildman–Crippen MR) is 65.2 cm³/mol. The molecule has 0 aliphatic rings. The average molecular weight is 305 g/mol. The Hall–Kier alpha value is -2.00. The van der Waals surface area contributed by atoms with Gasteiger partial charge in [-0.3, -0.25) is 4.79 Å². The van der Waals surface area contributed by atoms with Gasteiger partial charge in [-0.1, -0.05) is 0 Å². The van der Waals surface area contributed by atoms with Crippen LogP contribution in [0.25, 0.3) is 0 Å². The van der Waals surface area contributed by atoms with Crippen LogP contribution in [0.1, 0.15) is 16.8 Å². The molecule has 0 aliphatic heterocycles. The Balaban J connectivity index is 2.87. The predicted octanol–water partition coefficient (Wildman–Crippen LogP) is 0.365. The number of hydrogen-bond donors (Lipinski definition) is 2. The first-order valence-corrected chi connectivity index (χ1v) is 6.85. The molecule has 0 unspecified atom stereocenters. The molecule has 0 bridgehead atoms. The highest BCUT2D eigenvalue weighted by atomic mass is 32.2. The van der Waals surface area contributed by atoms with Crippen molar-refractivity contribution >= 4 is 22.0 Å². The first-order chi connectivity index (χ1) is 9.27. The normalized spacial score (nSPS) is 11.1. The SMILES string of the molecule is COC(=O)CCNS(=O)(=O)c1ccc(C(=O)O)cc1F. The summed E-state index contributed by atoms with van der Waals surface area (Å²) in [5, 5.41) is 8.65. The van der Waals surface area contributed by atoms with Crippen molar-refractivity contribution in [2.24, 2.45) is 0 Å². The second-order valence-electron chi connectivity index (χ2n) is 3.67. The van der Waals surface area contributed by atoms with Gasteiger partial charge in [0.2, 0.25) is 10.0 Å². The maximum atomic E-state index is 13.6. The van der Waals surface area contributed by atoms with Gasteiger partial charge < -0.3 is 9.84 Å². The molecule has 0 radical (unpaired) electrons. The van der Waals surface area contributed by atoms with E-state index in [0.29, 0.717) is 6.07 Å². The van der Waals surface area contributed by atoms with Crippen LogP contribution in [-0.4, -0.2) is 39.1 Å². The second kappa shape index (κ2) is 6.44. The Morgan fingerprint density at radius 3 is 2.55 bits per heavy atom. The highest BCUT2D eigenvalue weighted by Crippen LogP contribution is 2.16. The summed E-state index contributed by atoms with van der Waals surface area (Å²) >= 11 is 0. The fourth-order valence-electron chi connectivity index (χ4n) is 1.32. The Bertz CT molecular complexity index is 628. The standard InChI is InChI=1S/C11H12FNO6S/c1-19-10(14)4-5-13-20(17,18)9-3-2-7(11(15)16)6-8(9)12/h2-3,6,13H,4-5H2,1H3,(H,15,16). The highest BCUT2D eigenvalue weighted by Gasteiger charge is 2.20. The molecule has 20 heavy (non-hydrogen) atoms. The lowest BCUT2D eigenvalue weighted by atomic mass is 10.2. The molecular formula is C11H12FNO6S. The topological polar surface area (TPSA) is 110 Å². The lowest BCUT2D eigenvalue weighted by Crippen LogP contribution is -2.27. The maximum absolute atomic E-state index is 13.6. The fraction of sp³-hybridized carbons (Fsp3) is 0.273. The molecule has 9 heteroatoms. The van der Waals surface area contributed by atoms with Crippen molar-refractivity contribution in [3.05, 3.63) is 29.6 Å². The van der Waals surface area contributed by atoms with E-state index in [2.05, 4.69) is 4.74 Å². The summed E-state index contributed by atoms with van der Waals surface area (Å²) < 4.78 is 43.4. The van der Waals surface area contributed by atoms with Gasteiger partial charge in [-0.25, -0.2) is 22.3 Å². The first kappa shape index (κ1) is 16.1. The molecule has 0 atom stereocenters. The van der Waals surface area contributed by atoms with E-state index in [4.69, 9.17) is 5.11 Å². The van der Waals surface area contributed by atoms with E-state index in [0.717, 1.165) is 19.2 Å². The van der Waals surface area contributed by atoms with Crippen molar-refractivity contribution in [1.29, 1.82) is 0 Å². The minimum Gasteiger partial charge on any atom is -0.478 e. The van der Waals surface area contributed by atoms with Crippen LogP contribution in [0.15, 0.2) is 23.1 Å². The van der Waals surface area contributed by atoms with Gasteiger partial charge in [0.05, 0.1) is 19.1 Å². The van der Waals surface area contributed by atoms with E-state index in [9.17, 15) is 22.4 Å². The minimum atomic E-state index is -4.16. The Labute approximate surface area is 114 Å². The number of sulfonamides is 1. The second-order valence-corrected chi connectivity index (χ2v) is 5.41. The van der Waals surface area contributed by atoms with Gasteiger partial charge in [-0.15, -0.1) is 0 Å². The molecule has 0 saturated heterocycles. The summed E-state index contributed by atoms with van der Waals surface area (Å²) in [6.45, 7) is -0.255. The number of nitrogens with one attached hydrogen (secondary N) is 1. The number of hydrogen-bond acceptors (Lipinski definition) is 5. The molecule has 110 valence electrons. The third-order valence-corrected chi connectivity index (χ3v) is 3.81. The minimum absolute atomic E-state index is 0.204. The molecule has 0 amide bonds. The van der Waals surface area contributed by atoms with Crippen LogP contribution in [-0.2, 0) is 19.6 Å². The molecule has 0 aliphatic carbocycles. The number of rotatable bonds is 6. The van der Waals surface area contributed by atoms with Crippen molar-refractivity contribution in [1.82, 2.24) is 4.72 Å². The largest absolute Gasteiger partial charge is 0.478 e. The summed E-state index contributed by atoms with van der Waals surface area (Å²) in [5.41, 5.74) is -0.365. The fourth-order valence-corrected chi connectivity index (χ4v) is 2.41. The molecule has 0 heterocycles. The molecule has 1 aromatic carbocycles. The lowest BCUT2D eigenvalue weighted by molar-refractivity contribution is -0.140. The summed E-state index contributed by atoms with van der Waals surface area (Å²) in [5.74, 6) is -3.17. The lowest BCUT2D eigenvalue weighted by Gasteiger charge is -2.07. The molecular weight excluding hydrogens is 293 g/mol. The summed E-state index contributed by atoms with van der Waals surface area (Å²) in [7, 11) is -3.01. The molecule has 0 spiro atoms. The molecule has 0 saturated carbocycles. The molecule has 2 N–H and O–H groups in total. The zero-order valence-electron chi connectivity index (χ0n) is 10.4. The van der Waals surface area contributed by atoms with E-state index < -0.39 is 32.7 Å². The number of carbonyl (C=O) groups is 2. The third-order valence-electron chi connectivity index (χ3n) is 2.32. The number of methoxy groups -OCH3 is 1. The van der Waals surface area contributed by atoms with E-state index >= 15 is 0 Å². The summed E-state index contributed by atoms with van der Waals surface area (Å²) in [6.07, 6.45) is -0.204. The van der Waals surface area contributed by atoms with E-state index in [1.807, 2.05) is 4.72 Å². The van der Waals surface area contributed by atoms with Gasteiger partial charge >= 0.3 is 11.9 Å². The monoisotopic (exact) mass is 305 g/mol. The molecule has 1 rings (SSSR count). The molecule has 0 fully saturated rings. The van der Waals surface area contributed by atoms with Crippen LogP contribution in [0.3, 0.4) is 0 Å². The van der Waals surface area contributed by atoms with Crippen molar-refractivity contribution in [2.45, 2.75) is 11.3 Å². The van der Waals surface area contributed by atoms with Crippen molar-refractivity contribution < 1.29 is 32.2 Å². The number of aromatic carboxylic acids is 1. The highest BCUT2D eigenvalue weighted by molar-refractivity contribution is 7.89. The Kier molecular flexibility index (Phi) is 5.17. The van der Waals surface area contributed by atoms with Gasteiger partial charge in [0.25, 0.3) is 0 Å². The molecule has 0 aromatic heterocycles. The zero-order chi connectivity index (χ0) is 15.3. The number of carboxylic acid groups (broad SMARTS) is 1. The van der Waals surface area contributed by atoms with Crippen molar-refractivity contribution in [3.63, 3.8) is 0 Å². The Morgan fingerprint density at radius 1 is 1.40 bits per heavy atom. The first-order valence-electron chi connectivity index (χ1n) is 5.37. The third kappa shape index (κ3) is 4.00.